The van der Waals surface area contributed by atoms with Crippen LogP contribution in [0.4, 0.5) is 17.1 Å². The Morgan fingerprint density at radius 3 is 2.37 bits per heavy atom. The molecule has 1 saturated heterocycles. The number of nitro groups is 1. The van der Waals surface area contributed by atoms with Crippen LogP contribution in [0.25, 0.3) is 0 Å². The fourth-order valence-electron chi connectivity index (χ4n) is 3.74. The van der Waals surface area contributed by atoms with Crippen LogP contribution in [0.5, 0.6) is 0 Å². The molecule has 1 atom stereocenters. The van der Waals surface area contributed by atoms with Gasteiger partial charge in [-0.3, -0.25) is 24.6 Å². The number of hydrogen-bond donors (Lipinski definition) is 1. The Labute approximate surface area is 207 Å². The molecule has 0 aliphatic carbocycles. The molecule has 9 heteroatoms. The van der Waals surface area contributed by atoms with E-state index in [4.69, 9.17) is 0 Å². The monoisotopic (exact) mass is 488 g/mol. The third kappa shape index (κ3) is 6.33. The maximum Gasteiger partial charge on any atom is 0.292 e. The average molecular weight is 489 g/mol. The molecule has 0 aromatic heterocycles. The number of aryl methyl sites for hydroxylation is 1. The number of amides is 2. The molecule has 0 saturated carbocycles. The fourth-order valence-corrected chi connectivity index (χ4v) is 4.92. The Morgan fingerprint density at radius 1 is 1.00 bits per heavy atom. The number of carbonyl (C=O) groups is 2. The summed E-state index contributed by atoms with van der Waals surface area (Å²) in [5, 5.41) is 13.7. The molecule has 3 aromatic rings. The van der Waals surface area contributed by atoms with E-state index in [1.165, 1.54) is 35.5 Å². The molecule has 2 amide bonds. The first-order chi connectivity index (χ1) is 17.0. The van der Waals surface area contributed by atoms with Gasteiger partial charge in [0.05, 0.1) is 10.6 Å². The van der Waals surface area contributed by atoms with E-state index in [0.29, 0.717) is 11.7 Å². The number of nitro benzene ring substituents is 1. The van der Waals surface area contributed by atoms with E-state index in [0.717, 1.165) is 18.5 Å². The lowest BCUT2D eigenvalue weighted by Gasteiger charge is -2.16. The Balaban J connectivity index is 1.47. The van der Waals surface area contributed by atoms with Gasteiger partial charge >= 0.3 is 0 Å². The molecule has 0 radical (unpaired) electrons. The maximum absolute atomic E-state index is 13.2. The second-order valence-electron chi connectivity index (χ2n) is 7.94. The maximum atomic E-state index is 13.2. The fraction of sp³-hybridized carbons (Fsp3) is 0.192. The first kappa shape index (κ1) is 24.2. The van der Waals surface area contributed by atoms with Crippen molar-refractivity contribution >= 4 is 45.8 Å². The summed E-state index contributed by atoms with van der Waals surface area (Å²) in [5.74, 6) is -0.647. The van der Waals surface area contributed by atoms with Crippen molar-refractivity contribution in [2.24, 2.45) is 4.99 Å². The summed E-state index contributed by atoms with van der Waals surface area (Å²) < 4.78 is 0. The van der Waals surface area contributed by atoms with E-state index in [-0.39, 0.29) is 23.7 Å². The third-order valence-corrected chi connectivity index (χ3v) is 6.61. The molecule has 3 aromatic carbocycles. The molecular formula is C26H24N4O4S. The number of rotatable bonds is 9. The van der Waals surface area contributed by atoms with Gasteiger partial charge in [-0.15, -0.1) is 0 Å². The normalized spacial score (nSPS) is 16.5. The van der Waals surface area contributed by atoms with Gasteiger partial charge in [0.15, 0.2) is 5.17 Å². The van der Waals surface area contributed by atoms with Crippen LogP contribution in [0.15, 0.2) is 89.9 Å². The van der Waals surface area contributed by atoms with Crippen molar-refractivity contribution in [2.75, 3.05) is 11.9 Å². The van der Waals surface area contributed by atoms with Gasteiger partial charge < -0.3 is 5.32 Å². The molecule has 0 spiro atoms. The highest BCUT2D eigenvalue weighted by molar-refractivity contribution is 8.15. The predicted molar refractivity (Wildman–Crippen MR) is 138 cm³/mol. The minimum absolute atomic E-state index is 0.107. The number of nitrogens with one attached hydrogen (secondary N) is 1. The van der Waals surface area contributed by atoms with Crippen LogP contribution in [0.1, 0.15) is 18.4 Å². The van der Waals surface area contributed by atoms with Crippen molar-refractivity contribution in [1.29, 1.82) is 0 Å². The largest absolute Gasteiger partial charge is 0.320 e. The third-order valence-electron chi connectivity index (χ3n) is 5.44. The van der Waals surface area contributed by atoms with E-state index in [1.54, 1.807) is 11.0 Å². The van der Waals surface area contributed by atoms with E-state index in [1.807, 2.05) is 48.5 Å². The Morgan fingerprint density at radius 2 is 1.66 bits per heavy atom. The number of carbonyl (C=O) groups excluding carboxylic acids is 2. The summed E-state index contributed by atoms with van der Waals surface area (Å²) in [6.45, 7) is 0.481. The summed E-state index contributed by atoms with van der Waals surface area (Å²) in [6, 6.07) is 25.3. The van der Waals surface area contributed by atoms with Gasteiger partial charge in [0.2, 0.25) is 11.8 Å². The summed E-state index contributed by atoms with van der Waals surface area (Å²) >= 11 is 1.25. The molecule has 4 rings (SSSR count). The van der Waals surface area contributed by atoms with Crippen LogP contribution in [0.2, 0.25) is 0 Å². The van der Waals surface area contributed by atoms with E-state index < -0.39 is 16.1 Å². The molecule has 35 heavy (non-hydrogen) atoms. The molecule has 178 valence electrons. The standard InChI is InChI=1S/C26H24N4O4S/c31-24(28-21-15-7-8-16-22(21)30(33)34)18-23-25(32)29(17-9-12-19-10-3-1-4-11-19)26(35-23)27-20-13-5-2-6-14-20/h1-8,10-11,13-16,23H,9,12,17-18H2,(H,28,31)/t23-/m1/s1. The minimum atomic E-state index is -0.656. The van der Waals surface area contributed by atoms with Gasteiger partial charge in [0.25, 0.3) is 5.69 Å². The zero-order chi connectivity index (χ0) is 24.6. The average Bonchev–Trinajstić information content (AvgIpc) is 3.14. The molecule has 1 fully saturated rings. The second-order valence-corrected chi connectivity index (χ2v) is 9.11. The molecular weight excluding hydrogens is 464 g/mol. The predicted octanol–water partition coefficient (Wildman–Crippen LogP) is 5.19. The Bertz CT molecular complexity index is 1230. The molecule has 1 aliphatic rings. The van der Waals surface area contributed by atoms with E-state index >= 15 is 0 Å². The van der Waals surface area contributed by atoms with Crippen molar-refractivity contribution in [3.05, 3.63) is 101 Å². The number of anilines is 1. The van der Waals surface area contributed by atoms with Gasteiger partial charge in [0, 0.05) is 19.0 Å². The number of benzene rings is 3. The van der Waals surface area contributed by atoms with E-state index in [2.05, 4.69) is 22.4 Å². The summed E-state index contributed by atoms with van der Waals surface area (Å²) in [4.78, 5) is 42.9. The SMILES string of the molecule is O=C(C[C@H]1SC(=Nc2ccccc2)N(CCCc2ccccc2)C1=O)Nc1ccccc1[N+](=O)[O-]. The van der Waals surface area contributed by atoms with E-state index in [9.17, 15) is 19.7 Å². The van der Waals surface area contributed by atoms with Crippen LogP contribution in [-0.2, 0) is 16.0 Å². The van der Waals surface area contributed by atoms with Crippen molar-refractivity contribution in [3.8, 4) is 0 Å². The first-order valence-corrected chi connectivity index (χ1v) is 12.1. The number of para-hydroxylation sites is 3. The summed E-state index contributed by atoms with van der Waals surface area (Å²) in [5.41, 5.74) is 1.82. The molecule has 1 heterocycles. The Hall–Kier alpha value is -3.98. The minimum Gasteiger partial charge on any atom is -0.320 e. The summed E-state index contributed by atoms with van der Waals surface area (Å²) in [6.07, 6.45) is 1.45. The molecule has 1 aliphatic heterocycles. The lowest BCUT2D eigenvalue weighted by Crippen LogP contribution is -2.34. The highest BCUT2D eigenvalue weighted by Gasteiger charge is 2.39. The van der Waals surface area contributed by atoms with Gasteiger partial charge in [0.1, 0.15) is 10.9 Å². The smallest absolute Gasteiger partial charge is 0.292 e. The lowest BCUT2D eigenvalue weighted by atomic mass is 10.1. The van der Waals surface area contributed by atoms with Gasteiger partial charge in [-0.05, 0) is 36.6 Å². The number of amidine groups is 1. The van der Waals surface area contributed by atoms with Crippen molar-refractivity contribution in [3.63, 3.8) is 0 Å². The van der Waals surface area contributed by atoms with Crippen LogP contribution >= 0.6 is 11.8 Å². The highest BCUT2D eigenvalue weighted by atomic mass is 32.2. The lowest BCUT2D eigenvalue weighted by molar-refractivity contribution is -0.383. The zero-order valence-corrected chi connectivity index (χ0v) is 19.7. The van der Waals surface area contributed by atoms with Crippen LogP contribution in [-0.4, -0.2) is 38.6 Å². The summed E-state index contributed by atoms with van der Waals surface area (Å²) in [7, 11) is 0. The van der Waals surface area contributed by atoms with Gasteiger partial charge in [-0.25, -0.2) is 4.99 Å². The van der Waals surface area contributed by atoms with Crippen molar-refractivity contribution < 1.29 is 14.5 Å². The first-order valence-electron chi connectivity index (χ1n) is 11.2. The number of thioether (sulfide) groups is 1. The van der Waals surface area contributed by atoms with Crippen LogP contribution < -0.4 is 5.32 Å². The van der Waals surface area contributed by atoms with Crippen molar-refractivity contribution in [1.82, 2.24) is 4.90 Å². The van der Waals surface area contributed by atoms with Crippen molar-refractivity contribution in [2.45, 2.75) is 24.5 Å². The number of nitrogens with zero attached hydrogens (tertiary/aromatic N) is 3. The van der Waals surface area contributed by atoms with Gasteiger partial charge in [-0.2, -0.15) is 0 Å². The quantitative estimate of drug-likeness (QED) is 0.330. The molecule has 1 N–H and O–H groups in total. The molecule has 0 bridgehead atoms. The second kappa shape index (κ2) is 11.4. The zero-order valence-electron chi connectivity index (χ0n) is 18.9. The number of aliphatic imine (C=N–C) groups is 1. The van der Waals surface area contributed by atoms with Crippen LogP contribution in [0.3, 0.4) is 0 Å². The topological polar surface area (TPSA) is 105 Å². The molecule has 8 nitrogen and oxygen atoms in total. The van der Waals surface area contributed by atoms with Gasteiger partial charge in [-0.1, -0.05) is 72.4 Å². The highest BCUT2D eigenvalue weighted by Crippen LogP contribution is 2.32. The number of hydrogen-bond acceptors (Lipinski definition) is 6. The Kier molecular flexibility index (Phi) is 7.89. The molecule has 0 unspecified atom stereocenters. The van der Waals surface area contributed by atoms with Crippen LogP contribution in [0, 0.1) is 10.1 Å².